The summed E-state index contributed by atoms with van der Waals surface area (Å²) in [4.78, 5) is 13.9. The Hall–Kier alpha value is -0.700. The monoisotopic (exact) mass is 361 g/mol. The van der Waals surface area contributed by atoms with Crippen LogP contribution in [-0.4, -0.2) is 81.8 Å². The second-order valence-corrected chi connectivity index (χ2v) is 9.42. The number of piperidine rings is 2. The third-order valence-electron chi connectivity index (χ3n) is 5.29. The van der Waals surface area contributed by atoms with E-state index in [0.717, 1.165) is 12.8 Å². The van der Waals surface area contributed by atoms with Crippen LogP contribution in [-0.2, 0) is 19.7 Å². The Morgan fingerprint density at radius 2 is 1.83 bits per heavy atom. The Morgan fingerprint density at radius 3 is 2.38 bits per heavy atom. The lowest BCUT2D eigenvalue weighted by molar-refractivity contribution is -0.140. The molecule has 0 N–H and O–H groups in total. The molecule has 1 amide bonds. The van der Waals surface area contributed by atoms with Crippen LogP contribution >= 0.6 is 0 Å². The summed E-state index contributed by atoms with van der Waals surface area (Å²) in [7, 11) is 1.71. The van der Waals surface area contributed by atoms with Gasteiger partial charge in [0.2, 0.25) is 5.91 Å². The second kappa shape index (κ2) is 7.68. The molecule has 0 aliphatic carbocycles. The lowest BCUT2D eigenvalue weighted by atomic mass is 9.80. The number of rotatable bonds is 5. The summed E-state index contributed by atoms with van der Waals surface area (Å²) < 4.78 is 34.2. The van der Waals surface area contributed by atoms with Gasteiger partial charge in [-0.2, -0.15) is 17.0 Å². The SMILES string of the molecule is COCC1CCCN(S(=O)(=O)N2CCC(C)(C(=O)N(C)C)CC2)C1. The molecule has 0 saturated carbocycles. The molecule has 0 radical (unpaired) electrons. The molecule has 2 aliphatic rings. The summed E-state index contributed by atoms with van der Waals surface area (Å²) in [6, 6.07) is 0. The first kappa shape index (κ1) is 19.6. The van der Waals surface area contributed by atoms with Crippen molar-refractivity contribution in [1.82, 2.24) is 13.5 Å². The zero-order valence-electron chi connectivity index (χ0n) is 15.3. The Bertz CT molecular complexity index is 540. The Kier molecular flexibility index (Phi) is 6.28. The number of hydrogen-bond acceptors (Lipinski definition) is 4. The third kappa shape index (κ3) is 4.09. The number of nitrogens with zero attached hydrogens (tertiary/aromatic N) is 3. The summed E-state index contributed by atoms with van der Waals surface area (Å²) in [5.41, 5.74) is -0.462. The highest BCUT2D eigenvalue weighted by Crippen LogP contribution is 2.34. The molecule has 0 aromatic heterocycles. The Balaban J connectivity index is 2.01. The van der Waals surface area contributed by atoms with Crippen LogP contribution in [0.2, 0.25) is 0 Å². The van der Waals surface area contributed by atoms with Crippen LogP contribution in [0.15, 0.2) is 0 Å². The highest BCUT2D eigenvalue weighted by Gasteiger charge is 2.42. The molecule has 2 saturated heterocycles. The quantitative estimate of drug-likeness (QED) is 0.726. The lowest BCUT2D eigenvalue weighted by Gasteiger charge is -2.41. The van der Waals surface area contributed by atoms with E-state index in [1.165, 1.54) is 0 Å². The van der Waals surface area contributed by atoms with Crippen LogP contribution in [0.1, 0.15) is 32.6 Å². The maximum Gasteiger partial charge on any atom is 0.281 e. The van der Waals surface area contributed by atoms with Crippen LogP contribution in [0.3, 0.4) is 0 Å². The number of methoxy groups -OCH3 is 1. The van der Waals surface area contributed by atoms with Crippen molar-refractivity contribution in [3.8, 4) is 0 Å². The van der Waals surface area contributed by atoms with E-state index in [9.17, 15) is 13.2 Å². The summed E-state index contributed by atoms with van der Waals surface area (Å²) in [6.07, 6.45) is 3.02. The molecule has 0 spiro atoms. The van der Waals surface area contributed by atoms with Gasteiger partial charge >= 0.3 is 0 Å². The Morgan fingerprint density at radius 1 is 1.21 bits per heavy atom. The molecule has 0 aromatic rings. The van der Waals surface area contributed by atoms with Crippen LogP contribution < -0.4 is 0 Å². The molecule has 8 heteroatoms. The number of amides is 1. The van der Waals surface area contributed by atoms with E-state index >= 15 is 0 Å². The second-order valence-electron chi connectivity index (χ2n) is 7.49. The van der Waals surface area contributed by atoms with E-state index in [2.05, 4.69) is 0 Å². The summed E-state index contributed by atoms with van der Waals surface area (Å²) in [6.45, 7) is 4.46. The van der Waals surface area contributed by atoms with Crippen LogP contribution in [0.5, 0.6) is 0 Å². The van der Waals surface area contributed by atoms with Crippen LogP contribution in [0.25, 0.3) is 0 Å². The van der Waals surface area contributed by atoms with Crippen molar-refractivity contribution in [2.24, 2.45) is 11.3 Å². The predicted molar refractivity (Wildman–Crippen MR) is 92.7 cm³/mol. The number of carbonyl (C=O) groups excluding carboxylic acids is 1. The average Bonchev–Trinajstić information content (AvgIpc) is 2.55. The minimum Gasteiger partial charge on any atom is -0.384 e. The molecule has 2 rings (SSSR count). The van der Waals surface area contributed by atoms with Crippen molar-refractivity contribution in [2.45, 2.75) is 32.6 Å². The maximum atomic E-state index is 12.9. The van der Waals surface area contributed by atoms with Gasteiger partial charge in [-0.15, -0.1) is 0 Å². The van der Waals surface area contributed by atoms with E-state index < -0.39 is 15.6 Å². The van der Waals surface area contributed by atoms with E-state index in [0.29, 0.717) is 45.6 Å². The van der Waals surface area contributed by atoms with Gasteiger partial charge in [0.25, 0.3) is 10.2 Å². The van der Waals surface area contributed by atoms with Gasteiger partial charge in [0.05, 0.1) is 6.61 Å². The molecule has 2 aliphatic heterocycles. The molecule has 2 fully saturated rings. The zero-order valence-corrected chi connectivity index (χ0v) is 16.1. The Labute approximate surface area is 146 Å². The smallest absolute Gasteiger partial charge is 0.281 e. The predicted octanol–water partition coefficient (Wildman–Crippen LogP) is 0.780. The molecule has 1 atom stereocenters. The fraction of sp³-hybridized carbons (Fsp3) is 0.938. The van der Waals surface area contributed by atoms with Gasteiger partial charge in [0, 0.05) is 52.8 Å². The fourth-order valence-electron chi connectivity index (χ4n) is 3.74. The molecule has 1 unspecified atom stereocenters. The van der Waals surface area contributed by atoms with E-state index in [1.54, 1.807) is 34.7 Å². The van der Waals surface area contributed by atoms with Crippen molar-refractivity contribution in [1.29, 1.82) is 0 Å². The first-order chi connectivity index (χ1) is 11.2. The van der Waals surface area contributed by atoms with Crippen LogP contribution in [0.4, 0.5) is 0 Å². The van der Waals surface area contributed by atoms with Gasteiger partial charge in [-0.25, -0.2) is 0 Å². The molecule has 0 aromatic carbocycles. The number of carbonyl (C=O) groups is 1. The lowest BCUT2D eigenvalue weighted by Crippen LogP contribution is -2.53. The minimum atomic E-state index is -3.45. The standard InChI is InChI=1S/C16H31N3O4S/c1-16(15(20)17(2)3)7-10-18(11-8-16)24(21,22)19-9-5-6-14(12-19)13-23-4/h14H,5-13H2,1-4H3. The first-order valence-corrected chi connectivity index (χ1v) is 10.1. The average molecular weight is 362 g/mol. The summed E-state index contributed by atoms with van der Waals surface area (Å²) >= 11 is 0. The van der Waals surface area contributed by atoms with E-state index in [1.807, 2.05) is 6.92 Å². The van der Waals surface area contributed by atoms with Gasteiger partial charge in [0.1, 0.15) is 0 Å². The normalized spacial score (nSPS) is 26.2. The van der Waals surface area contributed by atoms with Gasteiger partial charge in [0.15, 0.2) is 0 Å². The van der Waals surface area contributed by atoms with Crippen LogP contribution in [0, 0.1) is 11.3 Å². The zero-order chi connectivity index (χ0) is 18.0. The third-order valence-corrected chi connectivity index (χ3v) is 7.29. The molecule has 7 nitrogen and oxygen atoms in total. The molecule has 0 bridgehead atoms. The van der Waals surface area contributed by atoms with Gasteiger partial charge in [-0.1, -0.05) is 6.92 Å². The van der Waals surface area contributed by atoms with Gasteiger partial charge < -0.3 is 9.64 Å². The van der Waals surface area contributed by atoms with E-state index in [4.69, 9.17) is 4.74 Å². The maximum absolute atomic E-state index is 12.9. The van der Waals surface area contributed by atoms with Crippen molar-refractivity contribution >= 4 is 16.1 Å². The van der Waals surface area contributed by atoms with Crippen molar-refractivity contribution in [3.63, 3.8) is 0 Å². The molecular weight excluding hydrogens is 330 g/mol. The minimum absolute atomic E-state index is 0.0812. The highest BCUT2D eigenvalue weighted by atomic mass is 32.2. The van der Waals surface area contributed by atoms with Gasteiger partial charge in [-0.05, 0) is 31.6 Å². The number of hydrogen-bond donors (Lipinski definition) is 0. The van der Waals surface area contributed by atoms with Crippen molar-refractivity contribution < 1.29 is 17.9 Å². The molecule has 24 heavy (non-hydrogen) atoms. The summed E-state index contributed by atoms with van der Waals surface area (Å²) in [5.74, 6) is 0.349. The fourth-order valence-corrected chi connectivity index (χ4v) is 5.47. The number of ether oxygens (including phenoxy) is 1. The van der Waals surface area contributed by atoms with E-state index in [-0.39, 0.29) is 11.8 Å². The van der Waals surface area contributed by atoms with Crippen molar-refractivity contribution in [3.05, 3.63) is 0 Å². The topological polar surface area (TPSA) is 70.2 Å². The van der Waals surface area contributed by atoms with Gasteiger partial charge in [-0.3, -0.25) is 4.79 Å². The summed E-state index contributed by atoms with van der Waals surface area (Å²) in [5, 5.41) is 0. The largest absolute Gasteiger partial charge is 0.384 e. The molecular formula is C16H31N3O4S. The first-order valence-electron chi connectivity index (χ1n) is 8.66. The molecule has 140 valence electrons. The highest BCUT2D eigenvalue weighted by molar-refractivity contribution is 7.86. The molecule has 2 heterocycles. The van der Waals surface area contributed by atoms with Crippen molar-refractivity contribution in [2.75, 3.05) is 54.0 Å².